The van der Waals surface area contributed by atoms with Crippen LogP contribution in [0.5, 0.6) is 0 Å². The highest BCUT2D eigenvalue weighted by Crippen LogP contribution is 2.65. The normalized spacial score (nSPS) is 40.9. The molecule has 1 aliphatic heterocycles. The van der Waals surface area contributed by atoms with Crippen LogP contribution in [0.25, 0.3) is 0 Å². The van der Waals surface area contributed by atoms with Crippen LogP contribution in [0.2, 0.25) is 0 Å². The van der Waals surface area contributed by atoms with Crippen LogP contribution >= 0.6 is 0 Å². The van der Waals surface area contributed by atoms with Gasteiger partial charge < -0.3 is 0 Å². The van der Waals surface area contributed by atoms with E-state index in [1.165, 1.54) is 16.9 Å². The summed E-state index contributed by atoms with van der Waals surface area (Å²) in [5.74, 6) is 1.77. The maximum Gasteiger partial charge on any atom is 0.238 e. The summed E-state index contributed by atoms with van der Waals surface area (Å²) in [4.78, 5) is 27.4. The van der Waals surface area contributed by atoms with Crippen molar-refractivity contribution in [3.63, 3.8) is 0 Å². The molecule has 1 heterocycles. The number of carbonyl (C=O) groups excluding carboxylic acids is 2. The van der Waals surface area contributed by atoms with E-state index in [0.29, 0.717) is 23.7 Å². The second kappa shape index (κ2) is 3.89. The van der Waals surface area contributed by atoms with Crippen LogP contribution in [0.15, 0.2) is 30.4 Å². The first kappa shape index (κ1) is 12.6. The van der Waals surface area contributed by atoms with Gasteiger partial charge in [-0.3, -0.25) is 14.5 Å². The van der Waals surface area contributed by atoms with Crippen LogP contribution < -0.4 is 4.90 Å². The summed E-state index contributed by atoms with van der Waals surface area (Å²) in [6.07, 6.45) is 5.64. The van der Waals surface area contributed by atoms with Crippen LogP contribution in [0, 0.1) is 49.4 Å². The number of amides is 2. The first-order valence-electron chi connectivity index (χ1n) is 8.21. The molecular weight excluding hydrogens is 274 g/mol. The summed E-state index contributed by atoms with van der Waals surface area (Å²) in [5.41, 5.74) is 3.06. The van der Waals surface area contributed by atoms with Gasteiger partial charge in [-0.2, -0.15) is 0 Å². The summed E-state index contributed by atoms with van der Waals surface area (Å²) >= 11 is 0. The van der Waals surface area contributed by atoms with Crippen LogP contribution in [0.4, 0.5) is 5.69 Å². The van der Waals surface area contributed by atoms with Crippen molar-refractivity contribution in [3.8, 4) is 0 Å². The zero-order valence-corrected chi connectivity index (χ0v) is 12.8. The molecule has 0 unspecified atom stereocenters. The van der Waals surface area contributed by atoms with Crippen LogP contribution in [-0.4, -0.2) is 11.8 Å². The number of hydrogen-bond acceptors (Lipinski definition) is 2. The monoisotopic (exact) mass is 293 g/mol. The largest absolute Gasteiger partial charge is 0.274 e. The van der Waals surface area contributed by atoms with Gasteiger partial charge in [0.2, 0.25) is 11.8 Å². The van der Waals surface area contributed by atoms with E-state index in [-0.39, 0.29) is 23.7 Å². The summed E-state index contributed by atoms with van der Waals surface area (Å²) in [7, 11) is 0. The molecule has 3 fully saturated rings. The van der Waals surface area contributed by atoms with Gasteiger partial charge in [0.15, 0.2) is 0 Å². The van der Waals surface area contributed by atoms with Crippen LogP contribution in [0.3, 0.4) is 0 Å². The number of carbonyl (C=O) groups is 2. The molecule has 0 N–H and O–H groups in total. The fraction of sp³-hybridized carbons (Fsp3) is 0.474. The average molecular weight is 293 g/mol. The first-order chi connectivity index (χ1) is 10.6. The summed E-state index contributed by atoms with van der Waals surface area (Å²) in [6.45, 7) is 4.07. The highest BCUT2D eigenvalue weighted by Gasteiger charge is 2.67. The molecule has 6 atom stereocenters. The number of nitrogens with zero attached hydrogens (tertiary/aromatic N) is 1. The van der Waals surface area contributed by atoms with Gasteiger partial charge in [0.05, 0.1) is 17.5 Å². The lowest BCUT2D eigenvalue weighted by Crippen LogP contribution is -2.40. The molecule has 4 aliphatic carbocycles. The Morgan fingerprint density at radius 3 is 2.05 bits per heavy atom. The second-order valence-electron chi connectivity index (χ2n) is 7.44. The molecule has 0 spiro atoms. The molecule has 0 aromatic heterocycles. The van der Waals surface area contributed by atoms with E-state index < -0.39 is 0 Å². The number of aryl methyl sites for hydroxylation is 2. The highest BCUT2D eigenvalue weighted by atomic mass is 16.2. The Morgan fingerprint density at radius 2 is 1.50 bits per heavy atom. The van der Waals surface area contributed by atoms with E-state index >= 15 is 0 Å². The lowest BCUT2D eigenvalue weighted by Gasteiger charge is -2.37. The molecule has 2 saturated carbocycles. The van der Waals surface area contributed by atoms with Gasteiger partial charge in [-0.1, -0.05) is 18.2 Å². The van der Waals surface area contributed by atoms with Crippen molar-refractivity contribution >= 4 is 17.5 Å². The molecule has 1 saturated heterocycles. The third-order valence-corrected chi connectivity index (χ3v) is 6.41. The molecule has 22 heavy (non-hydrogen) atoms. The van der Waals surface area contributed by atoms with Gasteiger partial charge in [-0.25, -0.2) is 0 Å². The van der Waals surface area contributed by atoms with Crippen molar-refractivity contribution in [3.05, 3.63) is 41.5 Å². The summed E-state index contributed by atoms with van der Waals surface area (Å²) in [5, 5.41) is 0. The molecule has 5 aliphatic rings. The Hall–Kier alpha value is -1.90. The molecule has 0 radical (unpaired) electrons. The summed E-state index contributed by atoms with van der Waals surface area (Å²) < 4.78 is 0. The predicted octanol–water partition coefficient (Wildman–Crippen LogP) is 2.86. The molecule has 3 heteroatoms. The molecule has 1 aromatic rings. The van der Waals surface area contributed by atoms with Crippen molar-refractivity contribution < 1.29 is 9.59 Å². The maximum atomic E-state index is 13.0. The number of allylic oxidation sites excluding steroid dienone is 2. The molecule has 1 aromatic carbocycles. The SMILES string of the molecule is Cc1ccc(N2C(=O)[C@@H]3[C@H]4C=C[C@@H]([C@@H]5C[C@@H]45)[C@H]3C2=O)cc1C. The Bertz CT molecular complexity index is 714. The van der Waals surface area contributed by atoms with Gasteiger partial charge in [0, 0.05) is 0 Å². The van der Waals surface area contributed by atoms with E-state index in [2.05, 4.69) is 12.2 Å². The number of hydrogen-bond donors (Lipinski definition) is 0. The minimum absolute atomic E-state index is 0.0305. The number of imide groups is 1. The van der Waals surface area contributed by atoms with Gasteiger partial charge in [0.25, 0.3) is 0 Å². The molecule has 3 nitrogen and oxygen atoms in total. The molecule has 2 amide bonds. The maximum absolute atomic E-state index is 13.0. The van der Waals surface area contributed by atoms with Gasteiger partial charge in [-0.15, -0.1) is 0 Å². The molecular formula is C19H19NO2. The predicted molar refractivity (Wildman–Crippen MR) is 83.1 cm³/mol. The van der Waals surface area contributed by atoms with Gasteiger partial charge >= 0.3 is 0 Å². The van der Waals surface area contributed by atoms with E-state index in [1.807, 2.05) is 32.0 Å². The van der Waals surface area contributed by atoms with Gasteiger partial charge in [0.1, 0.15) is 0 Å². The lowest BCUT2D eigenvalue weighted by molar-refractivity contribution is -0.124. The van der Waals surface area contributed by atoms with Crippen LogP contribution in [0.1, 0.15) is 17.5 Å². The average Bonchev–Trinajstić information content (AvgIpc) is 3.28. The number of rotatable bonds is 1. The standard InChI is InChI=1S/C19H19NO2/c1-9-3-4-11(7-10(9)2)20-18(21)16-12-5-6-13(15-8-14(12)15)17(16)19(20)22/h3-7,12-17H,8H2,1-2H3/t12-,13-,14-,15-,16+,17+/m0/s1. The Morgan fingerprint density at radius 1 is 0.909 bits per heavy atom. The summed E-state index contributed by atoms with van der Waals surface area (Å²) in [6, 6.07) is 5.88. The molecule has 2 bridgehead atoms. The first-order valence-corrected chi connectivity index (χ1v) is 8.21. The minimum atomic E-state index is -0.104. The fourth-order valence-corrected chi connectivity index (χ4v) is 5.08. The number of benzene rings is 1. The van der Waals surface area contributed by atoms with Crippen LogP contribution in [-0.2, 0) is 9.59 Å². The third-order valence-electron chi connectivity index (χ3n) is 6.41. The van der Waals surface area contributed by atoms with Crippen molar-refractivity contribution in [2.24, 2.45) is 35.5 Å². The zero-order valence-electron chi connectivity index (χ0n) is 12.8. The van der Waals surface area contributed by atoms with Crippen molar-refractivity contribution in [2.45, 2.75) is 20.3 Å². The van der Waals surface area contributed by atoms with E-state index in [9.17, 15) is 9.59 Å². The smallest absolute Gasteiger partial charge is 0.238 e. The lowest BCUT2D eigenvalue weighted by atomic mass is 9.63. The van der Waals surface area contributed by atoms with Crippen molar-refractivity contribution in [1.29, 1.82) is 0 Å². The second-order valence-corrected chi connectivity index (χ2v) is 7.44. The van der Waals surface area contributed by atoms with Crippen molar-refractivity contribution in [2.75, 3.05) is 4.90 Å². The van der Waals surface area contributed by atoms with E-state index in [4.69, 9.17) is 0 Å². The van der Waals surface area contributed by atoms with Crippen molar-refractivity contribution in [1.82, 2.24) is 0 Å². The fourth-order valence-electron chi connectivity index (χ4n) is 5.08. The Labute approximate surface area is 130 Å². The molecule has 112 valence electrons. The minimum Gasteiger partial charge on any atom is -0.274 e. The van der Waals surface area contributed by atoms with E-state index in [0.717, 1.165) is 11.3 Å². The number of anilines is 1. The Kier molecular flexibility index (Phi) is 2.23. The zero-order chi connectivity index (χ0) is 15.2. The Balaban J connectivity index is 1.58. The van der Waals surface area contributed by atoms with E-state index in [1.54, 1.807) is 0 Å². The molecule has 6 rings (SSSR count). The van der Waals surface area contributed by atoms with Gasteiger partial charge in [-0.05, 0) is 67.2 Å². The topological polar surface area (TPSA) is 37.4 Å². The quantitative estimate of drug-likeness (QED) is 0.590. The third kappa shape index (κ3) is 1.37. The highest BCUT2D eigenvalue weighted by molar-refractivity contribution is 6.22.